The molecule has 2 N–H and O–H groups in total. The van der Waals surface area contributed by atoms with Crippen LogP contribution in [0.25, 0.3) is 0 Å². The van der Waals surface area contributed by atoms with E-state index in [4.69, 9.17) is 0 Å². The number of pyridine rings is 1. The van der Waals surface area contributed by atoms with E-state index in [-0.39, 0.29) is 23.7 Å². The van der Waals surface area contributed by atoms with Crippen molar-refractivity contribution in [1.82, 2.24) is 10.3 Å². The molecular formula is C15H17FN2O. The van der Waals surface area contributed by atoms with Crippen LogP contribution in [0.5, 0.6) is 5.75 Å². The van der Waals surface area contributed by atoms with E-state index in [1.165, 1.54) is 18.2 Å². The van der Waals surface area contributed by atoms with Crippen LogP contribution < -0.4 is 5.32 Å². The first-order valence-electron chi connectivity index (χ1n) is 6.23. The van der Waals surface area contributed by atoms with Crippen molar-refractivity contribution in [1.29, 1.82) is 0 Å². The number of aromatic hydroxyl groups is 1. The molecule has 0 bridgehead atoms. The zero-order valence-corrected chi connectivity index (χ0v) is 11.0. The first-order chi connectivity index (χ1) is 9.08. The average Bonchev–Trinajstić information content (AvgIpc) is 2.42. The number of hydrogen-bond acceptors (Lipinski definition) is 3. The Morgan fingerprint density at radius 2 is 1.95 bits per heavy atom. The maximum Gasteiger partial charge on any atom is 0.123 e. The molecule has 0 saturated carbocycles. The van der Waals surface area contributed by atoms with Gasteiger partial charge in [-0.2, -0.15) is 0 Å². The quantitative estimate of drug-likeness (QED) is 0.886. The van der Waals surface area contributed by atoms with E-state index in [9.17, 15) is 9.50 Å². The Balaban J connectivity index is 2.13. The maximum atomic E-state index is 13.2. The second-order valence-corrected chi connectivity index (χ2v) is 4.57. The van der Waals surface area contributed by atoms with Gasteiger partial charge in [0.15, 0.2) is 0 Å². The molecule has 1 unspecified atom stereocenters. The van der Waals surface area contributed by atoms with Crippen molar-refractivity contribution in [2.24, 2.45) is 0 Å². The molecule has 0 amide bonds. The number of hydrogen-bond donors (Lipinski definition) is 2. The van der Waals surface area contributed by atoms with Crippen LogP contribution in [0.2, 0.25) is 0 Å². The van der Waals surface area contributed by atoms with Gasteiger partial charge >= 0.3 is 0 Å². The summed E-state index contributed by atoms with van der Waals surface area (Å²) < 4.78 is 13.2. The van der Waals surface area contributed by atoms with Gasteiger partial charge in [-0.05, 0) is 44.2 Å². The monoisotopic (exact) mass is 260 g/mol. The van der Waals surface area contributed by atoms with Crippen molar-refractivity contribution >= 4 is 0 Å². The van der Waals surface area contributed by atoms with E-state index in [1.807, 2.05) is 32.0 Å². The van der Waals surface area contributed by atoms with Gasteiger partial charge in [-0.3, -0.25) is 4.98 Å². The first-order valence-corrected chi connectivity index (χ1v) is 6.23. The molecule has 0 aliphatic heterocycles. The fourth-order valence-corrected chi connectivity index (χ4v) is 2.05. The van der Waals surface area contributed by atoms with E-state index in [1.54, 1.807) is 6.20 Å². The average molecular weight is 260 g/mol. The lowest BCUT2D eigenvalue weighted by molar-refractivity contribution is 0.433. The summed E-state index contributed by atoms with van der Waals surface area (Å²) in [4.78, 5) is 4.27. The van der Waals surface area contributed by atoms with Gasteiger partial charge in [0, 0.05) is 23.8 Å². The number of benzene rings is 1. The molecule has 1 heterocycles. The molecule has 0 radical (unpaired) electrons. The van der Waals surface area contributed by atoms with Crippen LogP contribution in [-0.2, 0) is 0 Å². The molecule has 2 atom stereocenters. The molecule has 1 aromatic heterocycles. The van der Waals surface area contributed by atoms with Crippen LogP contribution >= 0.6 is 0 Å². The summed E-state index contributed by atoms with van der Waals surface area (Å²) in [5, 5.41) is 13.1. The Hall–Kier alpha value is -1.94. The van der Waals surface area contributed by atoms with Gasteiger partial charge in [0.05, 0.1) is 5.69 Å². The van der Waals surface area contributed by atoms with Crippen LogP contribution in [0.15, 0.2) is 42.6 Å². The lowest BCUT2D eigenvalue weighted by atomic mass is 10.1. The predicted octanol–water partition coefficient (Wildman–Crippen LogP) is 3.34. The highest BCUT2D eigenvalue weighted by Crippen LogP contribution is 2.26. The van der Waals surface area contributed by atoms with Gasteiger partial charge in [-0.15, -0.1) is 0 Å². The van der Waals surface area contributed by atoms with Gasteiger partial charge < -0.3 is 10.4 Å². The first kappa shape index (κ1) is 13.5. The largest absolute Gasteiger partial charge is 0.508 e. The van der Waals surface area contributed by atoms with Gasteiger partial charge in [0.1, 0.15) is 11.6 Å². The molecule has 100 valence electrons. The summed E-state index contributed by atoms with van der Waals surface area (Å²) in [5.41, 5.74) is 1.45. The predicted molar refractivity (Wildman–Crippen MR) is 72.3 cm³/mol. The summed E-state index contributed by atoms with van der Waals surface area (Å²) >= 11 is 0. The molecule has 2 aromatic rings. The molecule has 0 aliphatic rings. The van der Waals surface area contributed by atoms with E-state index < -0.39 is 0 Å². The number of phenols is 1. The van der Waals surface area contributed by atoms with Crippen molar-refractivity contribution in [3.8, 4) is 5.75 Å². The standard InChI is InChI=1S/C15H17FN2O/c1-10(13-9-12(16)6-7-15(13)19)18-11(2)14-5-3-4-8-17-14/h3-11,18-19H,1-2H3/t10?,11-/m0/s1. The third-order valence-corrected chi connectivity index (χ3v) is 3.09. The molecular weight excluding hydrogens is 243 g/mol. The lowest BCUT2D eigenvalue weighted by Crippen LogP contribution is -2.23. The minimum atomic E-state index is -0.355. The summed E-state index contributed by atoms with van der Waals surface area (Å²) in [7, 11) is 0. The Labute approximate surface area is 112 Å². The van der Waals surface area contributed by atoms with Crippen molar-refractivity contribution < 1.29 is 9.50 Å². The molecule has 1 aromatic carbocycles. The van der Waals surface area contributed by atoms with Crippen LogP contribution in [-0.4, -0.2) is 10.1 Å². The van der Waals surface area contributed by atoms with Crippen LogP contribution in [0.3, 0.4) is 0 Å². The number of nitrogens with one attached hydrogen (secondary N) is 1. The highest BCUT2D eigenvalue weighted by molar-refractivity contribution is 5.35. The third kappa shape index (κ3) is 3.29. The van der Waals surface area contributed by atoms with Crippen molar-refractivity contribution in [3.05, 3.63) is 59.7 Å². The number of nitrogens with zero attached hydrogens (tertiary/aromatic N) is 1. The second-order valence-electron chi connectivity index (χ2n) is 4.57. The Morgan fingerprint density at radius 3 is 2.63 bits per heavy atom. The van der Waals surface area contributed by atoms with Crippen molar-refractivity contribution in [3.63, 3.8) is 0 Å². The Bertz CT molecular complexity index is 545. The second kappa shape index (κ2) is 5.80. The zero-order valence-electron chi connectivity index (χ0n) is 11.0. The van der Waals surface area contributed by atoms with Gasteiger partial charge in [0.25, 0.3) is 0 Å². The SMILES string of the molecule is CC(N[C@@H](C)c1ccccn1)c1cc(F)ccc1O. The molecule has 0 saturated heterocycles. The molecule has 0 aliphatic carbocycles. The van der Waals surface area contributed by atoms with Gasteiger partial charge in [-0.1, -0.05) is 6.07 Å². The van der Waals surface area contributed by atoms with Gasteiger partial charge in [0.2, 0.25) is 0 Å². The summed E-state index contributed by atoms with van der Waals surface area (Å²) in [5.74, 6) is -0.262. The molecule has 3 nitrogen and oxygen atoms in total. The molecule has 19 heavy (non-hydrogen) atoms. The van der Waals surface area contributed by atoms with E-state index >= 15 is 0 Å². The normalized spacial score (nSPS) is 14.1. The van der Waals surface area contributed by atoms with Crippen LogP contribution in [0.1, 0.15) is 37.2 Å². The zero-order chi connectivity index (χ0) is 13.8. The molecule has 2 rings (SSSR count). The van der Waals surface area contributed by atoms with Crippen LogP contribution in [0.4, 0.5) is 4.39 Å². The summed E-state index contributed by atoms with van der Waals surface area (Å²) in [6.07, 6.45) is 1.73. The highest BCUT2D eigenvalue weighted by Gasteiger charge is 2.15. The fraction of sp³-hybridized carbons (Fsp3) is 0.267. The third-order valence-electron chi connectivity index (χ3n) is 3.09. The highest BCUT2D eigenvalue weighted by atomic mass is 19.1. The number of rotatable bonds is 4. The Kier molecular flexibility index (Phi) is 4.12. The smallest absolute Gasteiger partial charge is 0.123 e. The maximum absolute atomic E-state index is 13.2. The summed E-state index contributed by atoms with van der Waals surface area (Å²) in [6.45, 7) is 3.86. The number of halogens is 1. The Morgan fingerprint density at radius 1 is 1.16 bits per heavy atom. The van der Waals surface area contributed by atoms with Crippen molar-refractivity contribution in [2.45, 2.75) is 25.9 Å². The topological polar surface area (TPSA) is 45.2 Å². The fourth-order valence-electron chi connectivity index (χ4n) is 2.05. The van der Waals surface area contributed by atoms with Crippen LogP contribution in [0, 0.1) is 5.82 Å². The minimum Gasteiger partial charge on any atom is -0.508 e. The summed E-state index contributed by atoms with van der Waals surface area (Å²) in [6, 6.07) is 9.50. The lowest BCUT2D eigenvalue weighted by Gasteiger charge is -2.20. The van der Waals surface area contributed by atoms with E-state index in [2.05, 4.69) is 10.3 Å². The minimum absolute atomic E-state index is 0.0128. The molecule has 0 spiro atoms. The van der Waals surface area contributed by atoms with E-state index in [0.29, 0.717) is 5.56 Å². The molecule has 0 fully saturated rings. The van der Waals surface area contributed by atoms with E-state index in [0.717, 1.165) is 5.69 Å². The molecule has 4 heteroatoms. The number of phenolic OH excluding ortho intramolecular Hbond substituents is 1. The van der Waals surface area contributed by atoms with Gasteiger partial charge in [-0.25, -0.2) is 4.39 Å². The van der Waals surface area contributed by atoms with Crippen molar-refractivity contribution in [2.75, 3.05) is 0 Å². The number of aromatic nitrogens is 1.